The number of nitrogens with one attached hydrogen (secondary N) is 1. The second-order valence-corrected chi connectivity index (χ2v) is 8.08. The fraction of sp³-hybridized carbons (Fsp3) is 0.562. The third-order valence-electron chi connectivity index (χ3n) is 4.19. The Kier molecular flexibility index (Phi) is 6.15. The molecular formula is C16H25N3O3S. The molecule has 0 spiro atoms. The number of benzene rings is 1. The van der Waals surface area contributed by atoms with Crippen molar-refractivity contribution in [3.05, 3.63) is 35.9 Å². The van der Waals surface area contributed by atoms with Crippen molar-refractivity contribution in [1.29, 1.82) is 0 Å². The molecule has 1 aliphatic rings. The van der Waals surface area contributed by atoms with Crippen molar-refractivity contribution in [1.82, 2.24) is 14.5 Å². The standard InChI is InChI=1S/C16H25N3O3S/c1-18(23(2,21)22)13-16(20)17-12-15(19-10-6-7-11-19)14-8-4-3-5-9-14/h3-5,8-9,15H,6-7,10-13H2,1-2H3,(H,17,20). The van der Waals surface area contributed by atoms with Crippen LogP contribution in [0.15, 0.2) is 30.3 Å². The van der Waals surface area contributed by atoms with Crippen LogP contribution in [0.5, 0.6) is 0 Å². The van der Waals surface area contributed by atoms with Crippen LogP contribution >= 0.6 is 0 Å². The van der Waals surface area contributed by atoms with Crippen molar-refractivity contribution in [2.75, 3.05) is 39.5 Å². The topological polar surface area (TPSA) is 69.7 Å². The second-order valence-electron chi connectivity index (χ2n) is 5.99. The third kappa shape index (κ3) is 5.30. The molecule has 128 valence electrons. The zero-order valence-corrected chi connectivity index (χ0v) is 14.6. The Hall–Kier alpha value is -1.44. The second kappa shape index (κ2) is 7.90. The van der Waals surface area contributed by atoms with Gasteiger partial charge in [-0.15, -0.1) is 0 Å². The molecule has 1 atom stereocenters. The Balaban J connectivity index is 1.97. The van der Waals surface area contributed by atoms with Crippen molar-refractivity contribution < 1.29 is 13.2 Å². The molecule has 1 aromatic rings. The summed E-state index contributed by atoms with van der Waals surface area (Å²) < 4.78 is 23.8. The summed E-state index contributed by atoms with van der Waals surface area (Å²) in [6.07, 6.45) is 3.44. The number of likely N-dealkylation sites (tertiary alicyclic amines) is 1. The van der Waals surface area contributed by atoms with E-state index in [2.05, 4.69) is 22.3 Å². The van der Waals surface area contributed by atoms with Gasteiger partial charge in [0.05, 0.1) is 18.8 Å². The fourth-order valence-corrected chi connectivity index (χ4v) is 3.12. The molecule has 0 aromatic heterocycles. The van der Waals surface area contributed by atoms with Crippen LogP contribution in [-0.4, -0.2) is 63.0 Å². The molecule has 1 aliphatic heterocycles. The van der Waals surface area contributed by atoms with Crippen LogP contribution in [0.1, 0.15) is 24.4 Å². The van der Waals surface area contributed by atoms with E-state index in [-0.39, 0.29) is 18.5 Å². The average molecular weight is 339 g/mol. The number of nitrogens with zero attached hydrogens (tertiary/aromatic N) is 2. The Morgan fingerprint density at radius 3 is 2.43 bits per heavy atom. The third-order valence-corrected chi connectivity index (χ3v) is 5.45. The maximum Gasteiger partial charge on any atom is 0.235 e. The predicted molar refractivity (Wildman–Crippen MR) is 90.5 cm³/mol. The summed E-state index contributed by atoms with van der Waals surface area (Å²) >= 11 is 0. The van der Waals surface area contributed by atoms with Gasteiger partial charge in [-0.25, -0.2) is 8.42 Å². The van der Waals surface area contributed by atoms with Crippen LogP contribution in [-0.2, 0) is 14.8 Å². The number of amides is 1. The van der Waals surface area contributed by atoms with Crippen LogP contribution in [0, 0.1) is 0 Å². The molecule has 1 N–H and O–H groups in total. The minimum atomic E-state index is -3.34. The summed E-state index contributed by atoms with van der Waals surface area (Å²) in [7, 11) is -1.94. The maximum atomic E-state index is 12.0. The Labute approximate surface area is 138 Å². The van der Waals surface area contributed by atoms with Gasteiger partial charge in [0.15, 0.2) is 0 Å². The van der Waals surface area contributed by atoms with Gasteiger partial charge in [0, 0.05) is 13.6 Å². The molecule has 1 aromatic carbocycles. The zero-order chi connectivity index (χ0) is 16.9. The van der Waals surface area contributed by atoms with Crippen LogP contribution in [0.25, 0.3) is 0 Å². The maximum absolute atomic E-state index is 12.0. The summed E-state index contributed by atoms with van der Waals surface area (Å²) in [6, 6.07) is 10.2. The summed E-state index contributed by atoms with van der Waals surface area (Å²) in [5.74, 6) is -0.280. The Bertz CT molecular complexity index is 613. The first-order valence-corrected chi connectivity index (χ1v) is 9.70. The van der Waals surface area contributed by atoms with E-state index in [1.54, 1.807) is 0 Å². The van der Waals surface area contributed by atoms with Crippen molar-refractivity contribution in [2.45, 2.75) is 18.9 Å². The average Bonchev–Trinajstić information content (AvgIpc) is 3.01. The monoisotopic (exact) mass is 339 g/mol. The normalized spacial score (nSPS) is 17.3. The largest absolute Gasteiger partial charge is 0.353 e. The van der Waals surface area contributed by atoms with E-state index in [1.165, 1.54) is 25.5 Å². The molecule has 1 saturated heterocycles. The molecule has 6 nitrogen and oxygen atoms in total. The molecule has 2 rings (SSSR count). The van der Waals surface area contributed by atoms with Crippen molar-refractivity contribution in [3.63, 3.8) is 0 Å². The lowest BCUT2D eigenvalue weighted by atomic mass is 10.1. The van der Waals surface area contributed by atoms with E-state index in [0.29, 0.717) is 6.54 Å². The Morgan fingerprint density at radius 2 is 1.87 bits per heavy atom. The molecule has 0 bridgehead atoms. The molecular weight excluding hydrogens is 314 g/mol. The van der Waals surface area contributed by atoms with E-state index in [4.69, 9.17) is 0 Å². The molecule has 1 amide bonds. The minimum absolute atomic E-state index is 0.131. The first kappa shape index (κ1) is 17.9. The number of sulfonamides is 1. The van der Waals surface area contributed by atoms with E-state index in [0.717, 1.165) is 23.7 Å². The molecule has 1 heterocycles. The van der Waals surface area contributed by atoms with Gasteiger partial charge in [0.2, 0.25) is 15.9 Å². The smallest absolute Gasteiger partial charge is 0.235 e. The van der Waals surface area contributed by atoms with Gasteiger partial charge in [0.1, 0.15) is 0 Å². The quantitative estimate of drug-likeness (QED) is 0.799. The highest BCUT2D eigenvalue weighted by molar-refractivity contribution is 7.88. The summed E-state index contributed by atoms with van der Waals surface area (Å²) in [5, 5.41) is 2.87. The molecule has 23 heavy (non-hydrogen) atoms. The van der Waals surface area contributed by atoms with Crippen molar-refractivity contribution in [2.24, 2.45) is 0 Å². The lowest BCUT2D eigenvalue weighted by Gasteiger charge is -2.28. The van der Waals surface area contributed by atoms with Gasteiger partial charge >= 0.3 is 0 Å². The van der Waals surface area contributed by atoms with Gasteiger partial charge < -0.3 is 5.32 Å². The number of likely N-dealkylation sites (N-methyl/N-ethyl adjacent to an activating group) is 1. The molecule has 0 aliphatic carbocycles. The van der Waals surface area contributed by atoms with E-state index < -0.39 is 10.0 Å². The van der Waals surface area contributed by atoms with Gasteiger partial charge in [-0.3, -0.25) is 9.69 Å². The zero-order valence-electron chi connectivity index (χ0n) is 13.7. The number of hydrogen-bond donors (Lipinski definition) is 1. The molecule has 1 unspecified atom stereocenters. The number of rotatable bonds is 7. The van der Waals surface area contributed by atoms with E-state index in [1.807, 2.05) is 18.2 Å². The molecule has 7 heteroatoms. The lowest BCUT2D eigenvalue weighted by Crippen LogP contribution is -2.42. The van der Waals surface area contributed by atoms with Crippen LogP contribution < -0.4 is 5.32 Å². The summed E-state index contributed by atoms with van der Waals surface area (Å²) in [5.41, 5.74) is 1.17. The van der Waals surface area contributed by atoms with Crippen molar-refractivity contribution >= 4 is 15.9 Å². The molecule has 0 radical (unpaired) electrons. The lowest BCUT2D eigenvalue weighted by molar-refractivity contribution is -0.121. The molecule has 1 fully saturated rings. The number of carbonyl (C=O) groups excluding carboxylic acids is 1. The first-order chi connectivity index (χ1) is 10.9. The van der Waals surface area contributed by atoms with E-state index >= 15 is 0 Å². The fourth-order valence-electron chi connectivity index (χ4n) is 2.77. The highest BCUT2D eigenvalue weighted by Gasteiger charge is 2.24. The van der Waals surface area contributed by atoms with Gasteiger partial charge in [-0.1, -0.05) is 30.3 Å². The SMILES string of the molecule is CN(CC(=O)NCC(c1ccccc1)N1CCCC1)S(C)(=O)=O. The highest BCUT2D eigenvalue weighted by Crippen LogP contribution is 2.24. The first-order valence-electron chi connectivity index (χ1n) is 7.85. The number of hydrogen-bond acceptors (Lipinski definition) is 4. The van der Waals surface area contributed by atoms with Crippen LogP contribution in [0.4, 0.5) is 0 Å². The predicted octanol–water partition coefficient (Wildman–Crippen LogP) is 0.831. The number of carbonyl (C=O) groups is 1. The summed E-state index contributed by atoms with van der Waals surface area (Å²) in [4.78, 5) is 14.4. The molecule has 0 saturated carbocycles. The Morgan fingerprint density at radius 1 is 1.26 bits per heavy atom. The van der Waals surface area contributed by atoms with E-state index in [9.17, 15) is 13.2 Å². The van der Waals surface area contributed by atoms with Crippen LogP contribution in [0.3, 0.4) is 0 Å². The highest BCUT2D eigenvalue weighted by atomic mass is 32.2. The van der Waals surface area contributed by atoms with Crippen LogP contribution in [0.2, 0.25) is 0 Å². The van der Waals surface area contributed by atoms with Gasteiger partial charge in [-0.2, -0.15) is 4.31 Å². The minimum Gasteiger partial charge on any atom is -0.353 e. The van der Waals surface area contributed by atoms with Crippen molar-refractivity contribution in [3.8, 4) is 0 Å². The van der Waals surface area contributed by atoms with Gasteiger partial charge in [-0.05, 0) is 31.5 Å². The summed E-state index contributed by atoms with van der Waals surface area (Å²) in [6.45, 7) is 2.39. The van der Waals surface area contributed by atoms with Gasteiger partial charge in [0.25, 0.3) is 0 Å².